The number of hydrogen-bond acceptors (Lipinski definition) is 4. The minimum Gasteiger partial charge on any atom is -0.283 e. The van der Waals surface area contributed by atoms with Gasteiger partial charge >= 0.3 is 0 Å². The third-order valence-electron chi connectivity index (χ3n) is 4.46. The van der Waals surface area contributed by atoms with Gasteiger partial charge in [0.2, 0.25) is 10.0 Å². The Morgan fingerprint density at radius 1 is 0.806 bits per heavy atom. The average molecular weight is 499 g/mol. The minimum absolute atomic E-state index is 0.00423. The van der Waals surface area contributed by atoms with Crippen molar-refractivity contribution in [1.82, 2.24) is 0 Å². The third-order valence-corrected chi connectivity index (χ3v) is 7.77. The van der Waals surface area contributed by atoms with Crippen LogP contribution in [0.25, 0.3) is 0 Å². The first-order valence-corrected chi connectivity index (χ1v) is 13.0. The number of nitrogens with one attached hydrogen (secondary N) is 2. The summed E-state index contributed by atoms with van der Waals surface area (Å²) in [4.78, 5) is 0.00423. The van der Waals surface area contributed by atoms with E-state index in [9.17, 15) is 16.8 Å². The van der Waals surface area contributed by atoms with E-state index in [2.05, 4.69) is 9.44 Å². The van der Waals surface area contributed by atoms with Gasteiger partial charge in [0.15, 0.2) is 0 Å². The number of halogens is 2. The van der Waals surface area contributed by atoms with Gasteiger partial charge in [-0.2, -0.15) is 0 Å². The van der Waals surface area contributed by atoms with Crippen LogP contribution in [0, 0.1) is 13.8 Å². The van der Waals surface area contributed by atoms with Crippen LogP contribution in [-0.2, 0) is 25.8 Å². The van der Waals surface area contributed by atoms with Gasteiger partial charge < -0.3 is 0 Å². The zero-order valence-electron chi connectivity index (χ0n) is 16.7. The Kier molecular flexibility index (Phi) is 6.85. The van der Waals surface area contributed by atoms with E-state index in [1.165, 1.54) is 24.3 Å². The normalized spacial score (nSPS) is 11.9. The predicted octanol–water partition coefficient (Wildman–Crippen LogP) is 5.35. The summed E-state index contributed by atoms with van der Waals surface area (Å²) in [5.74, 6) is -0.417. The largest absolute Gasteiger partial charge is 0.283 e. The van der Waals surface area contributed by atoms with E-state index < -0.39 is 25.8 Å². The summed E-state index contributed by atoms with van der Waals surface area (Å²) in [5, 5.41) is 0.494. The Balaban J connectivity index is 1.76. The molecule has 0 unspecified atom stereocenters. The lowest BCUT2D eigenvalue weighted by Crippen LogP contribution is -2.16. The van der Waals surface area contributed by atoms with Crippen molar-refractivity contribution in [1.29, 1.82) is 0 Å². The van der Waals surface area contributed by atoms with Gasteiger partial charge in [-0.05, 0) is 61.9 Å². The molecule has 0 atom stereocenters. The highest BCUT2D eigenvalue weighted by atomic mass is 35.5. The second kappa shape index (κ2) is 9.08. The molecule has 0 aliphatic rings. The van der Waals surface area contributed by atoms with E-state index in [1.807, 2.05) is 26.0 Å². The van der Waals surface area contributed by atoms with Crippen LogP contribution in [0.4, 0.5) is 11.4 Å². The summed E-state index contributed by atoms with van der Waals surface area (Å²) in [6, 6.07) is 15.5. The molecular formula is C21H20Cl2N2O4S2. The Hall–Kier alpha value is -2.26. The highest BCUT2D eigenvalue weighted by Crippen LogP contribution is 2.27. The van der Waals surface area contributed by atoms with Crippen molar-refractivity contribution < 1.29 is 16.8 Å². The Labute approximate surface area is 192 Å². The van der Waals surface area contributed by atoms with Crippen molar-refractivity contribution in [3.63, 3.8) is 0 Å². The Morgan fingerprint density at radius 2 is 1.42 bits per heavy atom. The first-order chi connectivity index (χ1) is 14.5. The van der Waals surface area contributed by atoms with Crippen molar-refractivity contribution >= 4 is 54.6 Å². The zero-order chi connectivity index (χ0) is 22.8. The summed E-state index contributed by atoms with van der Waals surface area (Å²) in [5.41, 5.74) is 2.80. The molecule has 3 aromatic carbocycles. The van der Waals surface area contributed by atoms with Crippen LogP contribution in [0.3, 0.4) is 0 Å². The van der Waals surface area contributed by atoms with Crippen LogP contribution in [0.5, 0.6) is 0 Å². The first-order valence-electron chi connectivity index (χ1n) is 9.10. The van der Waals surface area contributed by atoms with Crippen LogP contribution in [0.1, 0.15) is 16.7 Å². The second-order valence-corrected chi connectivity index (χ2v) is 11.2. The van der Waals surface area contributed by atoms with Gasteiger partial charge in [0.05, 0.1) is 16.3 Å². The van der Waals surface area contributed by atoms with E-state index in [4.69, 9.17) is 23.2 Å². The van der Waals surface area contributed by atoms with Crippen molar-refractivity contribution in [3.8, 4) is 0 Å². The fraction of sp³-hybridized carbons (Fsp3) is 0.143. The first kappa shape index (κ1) is 23.4. The van der Waals surface area contributed by atoms with Gasteiger partial charge in [0.25, 0.3) is 10.0 Å². The smallest absolute Gasteiger partial charge is 0.261 e. The molecule has 0 amide bonds. The quantitative estimate of drug-likeness (QED) is 0.458. The number of benzene rings is 3. The van der Waals surface area contributed by atoms with Gasteiger partial charge in [0.1, 0.15) is 0 Å². The van der Waals surface area contributed by atoms with Crippen LogP contribution in [-0.4, -0.2) is 16.8 Å². The van der Waals surface area contributed by atoms with Gasteiger partial charge in [-0.3, -0.25) is 9.44 Å². The molecule has 0 aromatic heterocycles. The molecule has 0 saturated heterocycles. The third kappa shape index (κ3) is 5.92. The Morgan fingerprint density at radius 3 is 2.00 bits per heavy atom. The van der Waals surface area contributed by atoms with E-state index in [-0.39, 0.29) is 26.2 Å². The number of sulfonamides is 2. The van der Waals surface area contributed by atoms with Crippen molar-refractivity contribution in [2.45, 2.75) is 24.5 Å². The maximum absolute atomic E-state index is 12.7. The number of rotatable bonds is 7. The fourth-order valence-electron chi connectivity index (χ4n) is 2.91. The highest BCUT2D eigenvalue weighted by Gasteiger charge is 2.18. The molecule has 0 aliphatic carbocycles. The van der Waals surface area contributed by atoms with Crippen LogP contribution >= 0.6 is 23.2 Å². The van der Waals surface area contributed by atoms with Crippen molar-refractivity contribution in [2.24, 2.45) is 0 Å². The predicted molar refractivity (Wildman–Crippen MR) is 126 cm³/mol. The van der Waals surface area contributed by atoms with E-state index in [1.54, 1.807) is 24.3 Å². The van der Waals surface area contributed by atoms with E-state index in [0.717, 1.165) is 11.1 Å². The molecule has 2 N–H and O–H groups in total. The lowest BCUT2D eigenvalue weighted by atomic mass is 10.1. The molecular weight excluding hydrogens is 479 g/mol. The molecule has 0 bridgehead atoms. The number of aryl methyl sites for hydroxylation is 2. The van der Waals surface area contributed by atoms with Crippen LogP contribution < -0.4 is 9.44 Å². The topological polar surface area (TPSA) is 92.3 Å². The molecule has 0 aliphatic heterocycles. The summed E-state index contributed by atoms with van der Waals surface area (Å²) >= 11 is 12.1. The van der Waals surface area contributed by atoms with Gasteiger partial charge in [-0.15, -0.1) is 0 Å². The van der Waals surface area contributed by atoms with Gasteiger partial charge in [0, 0.05) is 21.3 Å². The molecule has 0 radical (unpaired) electrons. The molecule has 3 aromatic rings. The molecule has 6 nitrogen and oxygen atoms in total. The molecule has 10 heteroatoms. The van der Waals surface area contributed by atoms with Crippen LogP contribution in [0.15, 0.2) is 65.6 Å². The maximum Gasteiger partial charge on any atom is 0.261 e. The lowest BCUT2D eigenvalue weighted by Gasteiger charge is -2.13. The van der Waals surface area contributed by atoms with Crippen molar-refractivity contribution in [3.05, 3.63) is 87.4 Å². The number of anilines is 2. The fourth-order valence-corrected chi connectivity index (χ4v) is 5.99. The molecule has 0 spiro atoms. The second-order valence-electron chi connectivity index (χ2n) is 7.01. The van der Waals surface area contributed by atoms with E-state index >= 15 is 0 Å². The molecule has 164 valence electrons. The van der Waals surface area contributed by atoms with Gasteiger partial charge in [-0.1, -0.05) is 47.0 Å². The average Bonchev–Trinajstić information content (AvgIpc) is 2.67. The zero-order valence-corrected chi connectivity index (χ0v) is 19.8. The van der Waals surface area contributed by atoms with E-state index in [0.29, 0.717) is 5.69 Å². The molecule has 0 saturated carbocycles. The van der Waals surface area contributed by atoms with Gasteiger partial charge in [-0.25, -0.2) is 16.8 Å². The molecule has 0 fully saturated rings. The van der Waals surface area contributed by atoms with Crippen LogP contribution in [0.2, 0.25) is 10.0 Å². The summed E-state index contributed by atoms with van der Waals surface area (Å²) < 4.78 is 55.3. The monoisotopic (exact) mass is 498 g/mol. The SMILES string of the molecule is Cc1ccc(NS(=O)(=O)c2ccc(NS(=O)(=O)Cc3c(Cl)cccc3Cl)cc2)c(C)c1. The molecule has 0 heterocycles. The van der Waals surface area contributed by atoms with Crippen molar-refractivity contribution in [2.75, 3.05) is 9.44 Å². The number of hydrogen-bond donors (Lipinski definition) is 2. The maximum atomic E-state index is 12.7. The molecule has 31 heavy (non-hydrogen) atoms. The lowest BCUT2D eigenvalue weighted by molar-refractivity contribution is 0.599. The summed E-state index contributed by atoms with van der Waals surface area (Å²) in [6.45, 7) is 3.73. The highest BCUT2D eigenvalue weighted by molar-refractivity contribution is 7.92. The standard InChI is InChI=1S/C21H20Cl2N2O4S2/c1-14-6-11-21(15(2)12-14)25-31(28,29)17-9-7-16(8-10-17)24-30(26,27)13-18-19(22)4-3-5-20(18)23/h3-12,24-25H,13H2,1-2H3. The summed E-state index contributed by atoms with van der Waals surface area (Å²) in [6.07, 6.45) is 0. The minimum atomic E-state index is -3.83. The Bertz CT molecular complexity index is 1300. The molecule has 3 rings (SSSR count). The summed E-state index contributed by atoms with van der Waals surface area (Å²) in [7, 11) is -7.65.